The average molecular weight is 435 g/mol. The second-order valence-corrected chi connectivity index (χ2v) is 7.63. The second kappa shape index (κ2) is 11.8. The third-order valence-corrected chi connectivity index (χ3v) is 5.42. The molecule has 2 saturated heterocycles. The van der Waals surface area contributed by atoms with Gasteiger partial charge in [0.2, 0.25) is 0 Å². The third-order valence-electron chi connectivity index (χ3n) is 5.42. The lowest BCUT2D eigenvalue weighted by atomic mass is 10.1. The van der Waals surface area contributed by atoms with E-state index in [2.05, 4.69) is 16.8 Å². The number of nitrogens with one attached hydrogen (secondary N) is 1. The fourth-order valence-corrected chi connectivity index (χ4v) is 3.67. The highest BCUT2D eigenvalue weighted by atomic mass is 19.1. The van der Waals surface area contributed by atoms with Crippen molar-refractivity contribution in [1.29, 1.82) is 0 Å². The number of rotatable bonds is 8. The van der Waals surface area contributed by atoms with Crippen LogP contribution in [0.5, 0.6) is 0 Å². The largest absolute Gasteiger partial charge is 0.379 e. The number of carbonyl (C=O) groups is 2. The number of benzene rings is 1. The Labute approximate surface area is 182 Å². The zero-order valence-corrected chi connectivity index (χ0v) is 17.8. The fourth-order valence-electron chi connectivity index (χ4n) is 3.67. The average Bonchev–Trinajstić information content (AvgIpc) is 2.81. The van der Waals surface area contributed by atoms with Gasteiger partial charge in [-0.05, 0) is 24.3 Å². The first-order chi connectivity index (χ1) is 15.1. The van der Waals surface area contributed by atoms with Crippen LogP contribution in [0.15, 0.2) is 36.9 Å². The first kappa shape index (κ1) is 23.2. The Morgan fingerprint density at radius 3 is 2.65 bits per heavy atom. The van der Waals surface area contributed by atoms with Crippen LogP contribution in [0.4, 0.5) is 9.18 Å². The number of nitrogens with zero attached hydrogens (tertiary/aromatic N) is 3. The summed E-state index contributed by atoms with van der Waals surface area (Å²) in [5.74, 6) is -0.557. The molecule has 2 heterocycles. The predicted molar refractivity (Wildman–Crippen MR) is 114 cm³/mol. The van der Waals surface area contributed by atoms with Crippen molar-refractivity contribution in [3.63, 3.8) is 0 Å². The van der Waals surface area contributed by atoms with Crippen LogP contribution in [0.3, 0.4) is 0 Å². The van der Waals surface area contributed by atoms with Crippen LogP contribution in [0.2, 0.25) is 0 Å². The van der Waals surface area contributed by atoms with Gasteiger partial charge in [-0.3, -0.25) is 9.69 Å². The molecule has 3 rings (SSSR count). The molecule has 1 aromatic carbocycles. The quantitative estimate of drug-likeness (QED) is 0.623. The van der Waals surface area contributed by atoms with E-state index in [1.165, 1.54) is 24.3 Å². The van der Waals surface area contributed by atoms with Gasteiger partial charge in [-0.1, -0.05) is 6.08 Å². The van der Waals surface area contributed by atoms with E-state index in [0.717, 1.165) is 13.1 Å². The van der Waals surface area contributed by atoms with Gasteiger partial charge in [-0.15, -0.1) is 6.58 Å². The molecular formula is C22H31FN4O4. The Kier molecular flexibility index (Phi) is 8.81. The van der Waals surface area contributed by atoms with Crippen LogP contribution < -0.4 is 5.32 Å². The number of carbonyl (C=O) groups excluding carboxylic acids is 2. The maximum Gasteiger partial charge on any atom is 0.317 e. The van der Waals surface area contributed by atoms with E-state index in [9.17, 15) is 14.0 Å². The molecule has 2 aliphatic rings. The Bertz CT molecular complexity index is 740. The molecule has 31 heavy (non-hydrogen) atoms. The highest BCUT2D eigenvalue weighted by Gasteiger charge is 2.28. The van der Waals surface area contributed by atoms with Gasteiger partial charge in [-0.2, -0.15) is 0 Å². The normalized spacial score (nSPS) is 19.6. The lowest BCUT2D eigenvalue weighted by Crippen LogP contribution is -2.53. The van der Waals surface area contributed by atoms with Crippen molar-refractivity contribution in [3.8, 4) is 0 Å². The molecule has 0 unspecified atom stereocenters. The SMILES string of the molecule is C=CCNC(=O)N1CCO[C@H](CN(CCN2CCOCC2)C(=O)c2ccc(F)cc2)C1. The summed E-state index contributed by atoms with van der Waals surface area (Å²) in [5.41, 5.74) is 0.430. The van der Waals surface area contributed by atoms with Gasteiger partial charge in [-0.25, -0.2) is 9.18 Å². The fraction of sp³-hybridized carbons (Fsp3) is 0.545. The second-order valence-electron chi connectivity index (χ2n) is 7.63. The number of amides is 3. The molecule has 0 aliphatic carbocycles. The topological polar surface area (TPSA) is 74.4 Å². The van der Waals surface area contributed by atoms with E-state index in [1.807, 2.05) is 0 Å². The summed E-state index contributed by atoms with van der Waals surface area (Å²) in [4.78, 5) is 31.1. The van der Waals surface area contributed by atoms with Crippen LogP contribution >= 0.6 is 0 Å². The summed E-state index contributed by atoms with van der Waals surface area (Å²) in [6, 6.07) is 5.40. The van der Waals surface area contributed by atoms with E-state index in [1.54, 1.807) is 15.9 Å². The number of urea groups is 1. The molecular weight excluding hydrogens is 403 g/mol. The minimum absolute atomic E-state index is 0.169. The molecule has 1 atom stereocenters. The predicted octanol–water partition coefficient (Wildman–Crippen LogP) is 1.20. The van der Waals surface area contributed by atoms with E-state index in [4.69, 9.17) is 9.47 Å². The number of hydrogen-bond acceptors (Lipinski definition) is 5. The highest BCUT2D eigenvalue weighted by molar-refractivity contribution is 5.94. The number of hydrogen-bond donors (Lipinski definition) is 1. The third kappa shape index (κ3) is 7.02. The van der Waals surface area contributed by atoms with Gasteiger partial charge >= 0.3 is 6.03 Å². The van der Waals surface area contributed by atoms with Crippen molar-refractivity contribution >= 4 is 11.9 Å². The lowest BCUT2D eigenvalue weighted by Gasteiger charge is -2.36. The molecule has 9 heteroatoms. The van der Waals surface area contributed by atoms with Crippen LogP contribution in [0.1, 0.15) is 10.4 Å². The first-order valence-electron chi connectivity index (χ1n) is 10.7. The molecule has 0 radical (unpaired) electrons. The molecule has 2 fully saturated rings. The van der Waals surface area contributed by atoms with E-state index in [-0.39, 0.29) is 23.9 Å². The summed E-state index contributed by atoms with van der Waals surface area (Å²) in [6.07, 6.45) is 1.34. The molecule has 0 bridgehead atoms. The van der Waals surface area contributed by atoms with Gasteiger partial charge in [0.15, 0.2) is 0 Å². The van der Waals surface area contributed by atoms with Gasteiger partial charge in [0, 0.05) is 51.4 Å². The van der Waals surface area contributed by atoms with Gasteiger partial charge in [0.05, 0.1) is 32.5 Å². The molecule has 0 aromatic heterocycles. The van der Waals surface area contributed by atoms with Crippen LogP contribution in [-0.4, -0.2) is 105 Å². The van der Waals surface area contributed by atoms with E-state index in [0.29, 0.717) is 64.7 Å². The molecule has 8 nitrogen and oxygen atoms in total. The molecule has 2 aliphatic heterocycles. The van der Waals surface area contributed by atoms with Crippen molar-refractivity contribution in [3.05, 3.63) is 48.3 Å². The number of halogens is 1. The first-order valence-corrected chi connectivity index (χ1v) is 10.7. The summed E-state index contributed by atoms with van der Waals surface area (Å²) >= 11 is 0. The van der Waals surface area contributed by atoms with E-state index >= 15 is 0 Å². The maximum absolute atomic E-state index is 13.3. The van der Waals surface area contributed by atoms with Crippen molar-refractivity contribution in [1.82, 2.24) is 20.0 Å². The summed E-state index contributed by atoms with van der Waals surface area (Å²) < 4.78 is 24.6. The molecule has 0 saturated carbocycles. The number of ether oxygens (including phenoxy) is 2. The van der Waals surface area contributed by atoms with Gasteiger partial charge in [0.25, 0.3) is 5.91 Å². The van der Waals surface area contributed by atoms with Crippen molar-refractivity contribution < 1.29 is 23.5 Å². The van der Waals surface area contributed by atoms with Gasteiger partial charge < -0.3 is 24.6 Å². The minimum Gasteiger partial charge on any atom is -0.379 e. The lowest BCUT2D eigenvalue weighted by molar-refractivity contribution is -0.0295. The Hall–Kier alpha value is -2.49. The molecule has 1 aromatic rings. The Morgan fingerprint density at radius 1 is 1.19 bits per heavy atom. The zero-order chi connectivity index (χ0) is 22.1. The summed E-state index contributed by atoms with van der Waals surface area (Å²) in [5, 5.41) is 2.78. The smallest absolute Gasteiger partial charge is 0.317 e. The van der Waals surface area contributed by atoms with Crippen molar-refractivity contribution in [2.45, 2.75) is 6.10 Å². The van der Waals surface area contributed by atoms with Crippen LogP contribution in [0.25, 0.3) is 0 Å². The van der Waals surface area contributed by atoms with Crippen molar-refractivity contribution in [2.24, 2.45) is 0 Å². The summed E-state index contributed by atoms with van der Waals surface area (Å²) in [6.45, 7) is 9.92. The Balaban J connectivity index is 1.64. The molecule has 0 spiro atoms. The highest BCUT2D eigenvalue weighted by Crippen LogP contribution is 2.12. The molecule has 3 amide bonds. The monoisotopic (exact) mass is 434 g/mol. The maximum atomic E-state index is 13.3. The standard InChI is InChI=1S/C22H31FN4O4/c1-2-7-24-22(29)27-12-15-31-20(17-27)16-26(9-8-25-10-13-30-14-11-25)21(28)18-3-5-19(23)6-4-18/h2-6,20H,1,7-17H2,(H,24,29)/t20-/m1/s1. The van der Waals surface area contributed by atoms with Gasteiger partial charge in [0.1, 0.15) is 5.82 Å². The Morgan fingerprint density at radius 2 is 1.94 bits per heavy atom. The summed E-state index contributed by atoms with van der Waals surface area (Å²) in [7, 11) is 0. The molecule has 1 N–H and O–H groups in total. The zero-order valence-electron chi connectivity index (χ0n) is 17.8. The molecule has 170 valence electrons. The number of morpholine rings is 2. The minimum atomic E-state index is -0.381. The van der Waals surface area contributed by atoms with Crippen LogP contribution in [0, 0.1) is 5.82 Å². The van der Waals surface area contributed by atoms with E-state index < -0.39 is 0 Å². The van der Waals surface area contributed by atoms with Crippen molar-refractivity contribution in [2.75, 3.05) is 72.2 Å². The van der Waals surface area contributed by atoms with Crippen LogP contribution in [-0.2, 0) is 9.47 Å².